The molecule has 3 heteroatoms. The van der Waals surface area contributed by atoms with Gasteiger partial charge >= 0.3 is 0 Å². The Morgan fingerprint density at radius 3 is 2.67 bits per heavy atom. The molecule has 0 aromatic heterocycles. The van der Waals surface area contributed by atoms with Gasteiger partial charge in [0.2, 0.25) is 0 Å². The Morgan fingerprint density at radius 1 is 1.11 bits per heavy atom. The lowest BCUT2D eigenvalue weighted by Gasteiger charge is -2.29. The van der Waals surface area contributed by atoms with Gasteiger partial charge in [-0.1, -0.05) is 30.3 Å². The first-order valence-electron chi connectivity index (χ1n) is 5.93. The molecule has 0 fully saturated rings. The highest BCUT2D eigenvalue weighted by molar-refractivity contribution is 5.38. The molecule has 0 saturated carbocycles. The van der Waals surface area contributed by atoms with E-state index >= 15 is 0 Å². The first kappa shape index (κ1) is 11.2. The fourth-order valence-electron chi connectivity index (χ4n) is 2.29. The zero-order valence-corrected chi connectivity index (χ0v) is 9.71. The molecule has 1 aliphatic heterocycles. The molecule has 3 rings (SSSR count). The summed E-state index contributed by atoms with van der Waals surface area (Å²) >= 11 is 0. The molecule has 0 radical (unpaired) electrons. The summed E-state index contributed by atoms with van der Waals surface area (Å²) in [6.45, 7) is 0. The van der Waals surface area contributed by atoms with Gasteiger partial charge in [-0.15, -0.1) is 0 Å². The zero-order chi connectivity index (χ0) is 12.5. The quantitative estimate of drug-likeness (QED) is 0.833. The van der Waals surface area contributed by atoms with Crippen molar-refractivity contribution in [1.82, 2.24) is 0 Å². The van der Waals surface area contributed by atoms with Gasteiger partial charge in [0.05, 0.1) is 6.10 Å². The van der Waals surface area contributed by atoms with Crippen molar-refractivity contribution in [3.8, 4) is 5.75 Å². The van der Waals surface area contributed by atoms with E-state index in [0.717, 1.165) is 5.56 Å². The largest absolute Gasteiger partial charge is 0.485 e. The van der Waals surface area contributed by atoms with Gasteiger partial charge in [-0.3, -0.25) is 0 Å². The van der Waals surface area contributed by atoms with Crippen LogP contribution in [0.4, 0.5) is 4.39 Å². The molecule has 0 amide bonds. The molecule has 1 unspecified atom stereocenters. The summed E-state index contributed by atoms with van der Waals surface area (Å²) in [4.78, 5) is 0. The Hall–Kier alpha value is -1.87. The van der Waals surface area contributed by atoms with E-state index < -0.39 is 6.10 Å². The number of hydrogen-bond acceptors (Lipinski definition) is 2. The van der Waals surface area contributed by atoms with Crippen LogP contribution in [-0.4, -0.2) is 5.11 Å². The first-order valence-corrected chi connectivity index (χ1v) is 5.93. The van der Waals surface area contributed by atoms with Crippen LogP contribution in [0.3, 0.4) is 0 Å². The minimum absolute atomic E-state index is 0.181. The van der Waals surface area contributed by atoms with Crippen LogP contribution in [0, 0.1) is 5.82 Å². The normalized spacial score (nSPS) is 22.1. The zero-order valence-electron chi connectivity index (χ0n) is 9.71. The summed E-state index contributed by atoms with van der Waals surface area (Å²) in [7, 11) is 0. The maximum absolute atomic E-state index is 13.1. The number of benzene rings is 2. The van der Waals surface area contributed by atoms with Gasteiger partial charge < -0.3 is 9.84 Å². The SMILES string of the molecule is O[C@H]1CC(c2ccccc2)Oc2ccc(F)cc21. The topological polar surface area (TPSA) is 29.5 Å². The van der Waals surface area contributed by atoms with Crippen LogP contribution in [-0.2, 0) is 0 Å². The average Bonchev–Trinajstić information content (AvgIpc) is 2.40. The number of fused-ring (bicyclic) bond motifs is 1. The van der Waals surface area contributed by atoms with E-state index in [1.807, 2.05) is 30.3 Å². The molecule has 92 valence electrons. The van der Waals surface area contributed by atoms with Crippen LogP contribution in [0.5, 0.6) is 5.75 Å². The molecule has 2 nitrogen and oxygen atoms in total. The van der Waals surface area contributed by atoms with Crippen molar-refractivity contribution in [2.45, 2.75) is 18.6 Å². The standard InChI is InChI=1S/C15H13FO2/c16-11-6-7-14-12(8-11)13(17)9-15(18-14)10-4-2-1-3-5-10/h1-8,13,15,17H,9H2/t13-,15?/m0/s1. The third kappa shape index (κ3) is 1.97. The number of halogens is 1. The summed E-state index contributed by atoms with van der Waals surface area (Å²) in [5, 5.41) is 10.1. The van der Waals surface area contributed by atoms with Gasteiger partial charge in [0.15, 0.2) is 0 Å². The Balaban J connectivity index is 1.95. The molecule has 2 aromatic rings. The summed E-state index contributed by atoms with van der Waals surface area (Å²) < 4.78 is 18.9. The van der Waals surface area contributed by atoms with Crippen LogP contribution < -0.4 is 4.74 Å². The van der Waals surface area contributed by atoms with Gasteiger partial charge in [0.1, 0.15) is 17.7 Å². The highest BCUT2D eigenvalue weighted by Crippen LogP contribution is 2.40. The molecule has 1 aliphatic rings. The molecule has 0 saturated heterocycles. The molecular formula is C15H13FO2. The second-order valence-electron chi connectivity index (χ2n) is 4.45. The van der Waals surface area contributed by atoms with Crippen molar-refractivity contribution < 1.29 is 14.2 Å². The van der Waals surface area contributed by atoms with E-state index in [0.29, 0.717) is 17.7 Å². The molecule has 1 heterocycles. The van der Waals surface area contributed by atoms with E-state index in [1.54, 1.807) is 6.07 Å². The lowest BCUT2D eigenvalue weighted by molar-refractivity contribution is 0.0653. The maximum Gasteiger partial charge on any atom is 0.127 e. The number of hydrogen-bond donors (Lipinski definition) is 1. The predicted octanol–water partition coefficient (Wildman–Crippen LogP) is 3.38. The Kier molecular flexibility index (Phi) is 2.76. The van der Waals surface area contributed by atoms with Crippen molar-refractivity contribution in [3.05, 3.63) is 65.5 Å². The molecule has 2 atom stereocenters. The third-order valence-corrected chi connectivity index (χ3v) is 3.21. The van der Waals surface area contributed by atoms with E-state index in [1.165, 1.54) is 12.1 Å². The van der Waals surface area contributed by atoms with Crippen molar-refractivity contribution in [2.24, 2.45) is 0 Å². The van der Waals surface area contributed by atoms with Crippen molar-refractivity contribution in [3.63, 3.8) is 0 Å². The second-order valence-corrected chi connectivity index (χ2v) is 4.45. The summed E-state index contributed by atoms with van der Waals surface area (Å²) in [6.07, 6.45) is -0.422. The highest BCUT2D eigenvalue weighted by atomic mass is 19.1. The van der Waals surface area contributed by atoms with Gasteiger partial charge in [-0.05, 0) is 23.8 Å². The number of aliphatic hydroxyl groups excluding tert-OH is 1. The molecule has 0 bridgehead atoms. The average molecular weight is 244 g/mol. The van der Waals surface area contributed by atoms with Crippen LogP contribution >= 0.6 is 0 Å². The van der Waals surface area contributed by atoms with Gasteiger partial charge in [-0.25, -0.2) is 4.39 Å². The van der Waals surface area contributed by atoms with Gasteiger partial charge in [-0.2, -0.15) is 0 Å². The minimum Gasteiger partial charge on any atom is -0.485 e. The van der Waals surface area contributed by atoms with E-state index in [2.05, 4.69) is 0 Å². The lowest BCUT2D eigenvalue weighted by Crippen LogP contribution is -2.19. The molecule has 1 N–H and O–H groups in total. The van der Waals surface area contributed by atoms with Crippen molar-refractivity contribution in [1.29, 1.82) is 0 Å². The fraction of sp³-hybridized carbons (Fsp3) is 0.200. The predicted molar refractivity (Wildman–Crippen MR) is 65.8 cm³/mol. The van der Waals surface area contributed by atoms with Crippen LogP contribution in [0.15, 0.2) is 48.5 Å². The Labute approximate surface area is 105 Å². The minimum atomic E-state index is -0.686. The lowest BCUT2D eigenvalue weighted by atomic mass is 9.95. The van der Waals surface area contributed by atoms with Crippen LogP contribution in [0.1, 0.15) is 29.8 Å². The van der Waals surface area contributed by atoms with Crippen LogP contribution in [0.2, 0.25) is 0 Å². The monoisotopic (exact) mass is 244 g/mol. The molecular weight excluding hydrogens is 231 g/mol. The first-order chi connectivity index (χ1) is 8.74. The number of rotatable bonds is 1. The second kappa shape index (κ2) is 4.42. The van der Waals surface area contributed by atoms with Crippen molar-refractivity contribution in [2.75, 3.05) is 0 Å². The summed E-state index contributed by atoms with van der Waals surface area (Å²) in [6, 6.07) is 14.0. The smallest absolute Gasteiger partial charge is 0.127 e. The molecule has 0 spiro atoms. The van der Waals surface area contributed by atoms with E-state index in [-0.39, 0.29) is 11.9 Å². The summed E-state index contributed by atoms with van der Waals surface area (Å²) in [5.74, 6) is 0.207. The number of ether oxygens (including phenoxy) is 1. The highest BCUT2D eigenvalue weighted by Gasteiger charge is 2.28. The van der Waals surface area contributed by atoms with Gasteiger partial charge in [0, 0.05) is 12.0 Å². The van der Waals surface area contributed by atoms with Crippen molar-refractivity contribution >= 4 is 0 Å². The molecule has 18 heavy (non-hydrogen) atoms. The molecule has 0 aliphatic carbocycles. The third-order valence-electron chi connectivity index (χ3n) is 3.21. The number of aliphatic hydroxyl groups is 1. The van der Waals surface area contributed by atoms with E-state index in [4.69, 9.17) is 4.74 Å². The fourth-order valence-corrected chi connectivity index (χ4v) is 2.29. The molecule has 2 aromatic carbocycles. The Bertz CT molecular complexity index is 554. The maximum atomic E-state index is 13.1. The van der Waals surface area contributed by atoms with Gasteiger partial charge in [0.25, 0.3) is 0 Å². The summed E-state index contributed by atoms with van der Waals surface area (Å²) in [5.41, 5.74) is 1.55. The van der Waals surface area contributed by atoms with Crippen LogP contribution in [0.25, 0.3) is 0 Å². The van der Waals surface area contributed by atoms with E-state index in [9.17, 15) is 9.50 Å². The Morgan fingerprint density at radius 2 is 1.89 bits per heavy atom.